The molecule has 1 unspecified atom stereocenters. The van der Waals surface area contributed by atoms with E-state index >= 15 is 0 Å². The molecule has 0 aliphatic carbocycles. The lowest BCUT2D eigenvalue weighted by atomic mass is 9.77. The maximum absolute atomic E-state index is 13.4. The zero-order chi connectivity index (χ0) is 23.3. The third kappa shape index (κ3) is 5.89. The summed E-state index contributed by atoms with van der Waals surface area (Å²) in [6.45, 7) is 5.22. The molecule has 2 saturated heterocycles. The van der Waals surface area contributed by atoms with Crippen LogP contribution in [0, 0.1) is 12.3 Å². The number of hydrogen-bond donors (Lipinski definition) is 0. The minimum atomic E-state index is -0.423. The highest BCUT2D eigenvalue weighted by molar-refractivity contribution is 6.30. The largest absolute Gasteiger partial charge is 0.493 e. The minimum absolute atomic E-state index is 0.0327. The average Bonchev–Trinajstić information content (AvgIpc) is 2.83. The van der Waals surface area contributed by atoms with Gasteiger partial charge >= 0.3 is 0 Å². The van der Waals surface area contributed by atoms with E-state index in [4.69, 9.17) is 16.3 Å². The van der Waals surface area contributed by atoms with Gasteiger partial charge in [-0.25, -0.2) is 0 Å². The van der Waals surface area contributed by atoms with Crippen molar-refractivity contribution < 1.29 is 14.3 Å². The van der Waals surface area contributed by atoms with E-state index < -0.39 is 5.41 Å². The van der Waals surface area contributed by atoms with Crippen LogP contribution in [0.25, 0.3) is 0 Å². The number of hydrogen-bond acceptors (Lipinski definition) is 3. The summed E-state index contributed by atoms with van der Waals surface area (Å²) >= 11 is 6.14. The lowest BCUT2D eigenvalue weighted by molar-refractivity contribution is -0.136. The number of rotatable bonds is 6. The van der Waals surface area contributed by atoms with Crippen LogP contribution in [0.2, 0.25) is 5.02 Å². The van der Waals surface area contributed by atoms with Crippen molar-refractivity contribution in [3.63, 3.8) is 0 Å². The number of carbonyl (C=O) groups excluding carboxylic acids is 2. The molecule has 2 aromatic carbocycles. The standard InChI is InChI=1S/C27H33ClN2O3/c1-21-9-3-4-12-24(21)26(32)30-16-8-13-27(19-30,18-25(31)29-14-5-2-6-15-29)20-33-23-11-7-10-22(28)17-23/h3-4,7,9-12,17H,2,5-6,8,13-16,18-20H2,1H3. The van der Waals surface area contributed by atoms with Gasteiger partial charge in [0, 0.05) is 48.6 Å². The Balaban J connectivity index is 1.54. The van der Waals surface area contributed by atoms with Gasteiger partial charge in [0.15, 0.2) is 0 Å². The second kappa shape index (κ2) is 10.6. The Morgan fingerprint density at radius 2 is 1.73 bits per heavy atom. The summed E-state index contributed by atoms with van der Waals surface area (Å²) in [5, 5.41) is 0.617. The zero-order valence-electron chi connectivity index (χ0n) is 19.4. The molecule has 0 radical (unpaired) electrons. The number of benzene rings is 2. The summed E-state index contributed by atoms with van der Waals surface area (Å²) in [6, 6.07) is 15.0. The van der Waals surface area contributed by atoms with Crippen molar-refractivity contribution in [3.8, 4) is 5.75 Å². The van der Waals surface area contributed by atoms with E-state index in [-0.39, 0.29) is 11.8 Å². The molecule has 0 bridgehead atoms. The second-order valence-corrected chi connectivity index (χ2v) is 9.95. The smallest absolute Gasteiger partial charge is 0.254 e. The van der Waals surface area contributed by atoms with E-state index in [1.165, 1.54) is 6.42 Å². The van der Waals surface area contributed by atoms with Crippen molar-refractivity contribution in [2.75, 3.05) is 32.8 Å². The molecule has 2 aromatic rings. The van der Waals surface area contributed by atoms with Crippen LogP contribution in [-0.4, -0.2) is 54.4 Å². The first kappa shape index (κ1) is 23.6. The number of carbonyl (C=O) groups is 2. The highest BCUT2D eigenvalue weighted by Gasteiger charge is 2.41. The number of piperidine rings is 2. The molecule has 0 saturated carbocycles. The predicted molar refractivity (Wildman–Crippen MR) is 131 cm³/mol. The molecule has 2 fully saturated rings. The first-order chi connectivity index (χ1) is 16.0. The number of nitrogens with zero attached hydrogens (tertiary/aromatic N) is 2. The number of amides is 2. The number of halogens is 1. The quantitative estimate of drug-likeness (QED) is 0.574. The van der Waals surface area contributed by atoms with Crippen molar-refractivity contribution in [3.05, 3.63) is 64.7 Å². The summed E-state index contributed by atoms with van der Waals surface area (Å²) in [6.07, 6.45) is 5.41. The van der Waals surface area contributed by atoms with Gasteiger partial charge in [-0.15, -0.1) is 0 Å². The molecule has 0 aromatic heterocycles. The van der Waals surface area contributed by atoms with Crippen LogP contribution in [0.3, 0.4) is 0 Å². The van der Waals surface area contributed by atoms with Gasteiger partial charge in [0.2, 0.25) is 5.91 Å². The lowest BCUT2D eigenvalue weighted by Crippen LogP contribution is -2.51. The maximum atomic E-state index is 13.4. The molecule has 2 heterocycles. The SMILES string of the molecule is Cc1ccccc1C(=O)N1CCCC(COc2cccc(Cl)c2)(CC(=O)N2CCCCC2)C1. The molecule has 2 aliphatic rings. The highest BCUT2D eigenvalue weighted by Crippen LogP contribution is 2.36. The molecule has 5 nitrogen and oxygen atoms in total. The van der Waals surface area contributed by atoms with E-state index in [0.717, 1.165) is 49.9 Å². The van der Waals surface area contributed by atoms with Gasteiger partial charge in [0.25, 0.3) is 5.91 Å². The van der Waals surface area contributed by atoms with Crippen LogP contribution in [0.4, 0.5) is 0 Å². The van der Waals surface area contributed by atoms with E-state index in [1.807, 2.05) is 59.2 Å². The van der Waals surface area contributed by atoms with Crippen LogP contribution < -0.4 is 4.74 Å². The summed E-state index contributed by atoms with van der Waals surface area (Å²) in [4.78, 5) is 30.6. The van der Waals surface area contributed by atoms with Crippen LogP contribution >= 0.6 is 11.6 Å². The molecule has 2 amide bonds. The van der Waals surface area contributed by atoms with E-state index in [2.05, 4.69) is 0 Å². The molecule has 2 aliphatic heterocycles. The first-order valence-corrected chi connectivity index (χ1v) is 12.3. The molecule has 33 heavy (non-hydrogen) atoms. The van der Waals surface area contributed by atoms with Crippen molar-refractivity contribution in [1.82, 2.24) is 9.80 Å². The van der Waals surface area contributed by atoms with Crippen LogP contribution in [0.15, 0.2) is 48.5 Å². The summed E-state index contributed by atoms with van der Waals surface area (Å²) in [7, 11) is 0. The van der Waals surface area contributed by atoms with Gasteiger partial charge < -0.3 is 14.5 Å². The zero-order valence-corrected chi connectivity index (χ0v) is 20.2. The maximum Gasteiger partial charge on any atom is 0.254 e. The van der Waals surface area contributed by atoms with E-state index in [0.29, 0.717) is 36.9 Å². The third-order valence-electron chi connectivity index (χ3n) is 6.90. The Hall–Kier alpha value is -2.53. The van der Waals surface area contributed by atoms with E-state index in [9.17, 15) is 9.59 Å². The molecule has 0 N–H and O–H groups in total. The summed E-state index contributed by atoms with van der Waals surface area (Å²) in [5.74, 6) is 0.898. The fourth-order valence-electron chi connectivity index (χ4n) is 5.05. The minimum Gasteiger partial charge on any atom is -0.493 e. The Bertz CT molecular complexity index is 989. The normalized spacial score (nSPS) is 21.0. The molecule has 176 valence electrons. The molecule has 1 atom stereocenters. The van der Waals surface area contributed by atoms with E-state index in [1.54, 1.807) is 6.07 Å². The van der Waals surface area contributed by atoms with Gasteiger partial charge in [-0.2, -0.15) is 0 Å². The molecule has 0 spiro atoms. The van der Waals surface area contributed by atoms with Crippen LogP contribution in [-0.2, 0) is 4.79 Å². The Morgan fingerprint density at radius 1 is 0.970 bits per heavy atom. The monoisotopic (exact) mass is 468 g/mol. The Labute approximate surface area is 201 Å². The summed E-state index contributed by atoms with van der Waals surface area (Å²) < 4.78 is 6.18. The van der Waals surface area contributed by atoms with Gasteiger partial charge in [-0.05, 0) is 68.9 Å². The van der Waals surface area contributed by atoms with Gasteiger partial charge in [0.1, 0.15) is 5.75 Å². The first-order valence-electron chi connectivity index (χ1n) is 12.0. The topological polar surface area (TPSA) is 49.9 Å². The Morgan fingerprint density at radius 3 is 2.48 bits per heavy atom. The van der Waals surface area contributed by atoms with Gasteiger partial charge in [-0.1, -0.05) is 35.9 Å². The average molecular weight is 469 g/mol. The molecular weight excluding hydrogens is 436 g/mol. The fourth-order valence-corrected chi connectivity index (χ4v) is 5.23. The molecular formula is C27H33ClN2O3. The van der Waals surface area contributed by atoms with Crippen LogP contribution in [0.1, 0.15) is 54.4 Å². The highest BCUT2D eigenvalue weighted by atomic mass is 35.5. The van der Waals surface area contributed by atoms with Crippen molar-refractivity contribution in [2.24, 2.45) is 5.41 Å². The molecule has 6 heteroatoms. The number of ether oxygens (including phenoxy) is 1. The van der Waals surface area contributed by atoms with Crippen molar-refractivity contribution in [1.29, 1.82) is 0 Å². The Kier molecular flexibility index (Phi) is 7.59. The van der Waals surface area contributed by atoms with Crippen molar-refractivity contribution in [2.45, 2.75) is 45.4 Å². The third-order valence-corrected chi connectivity index (χ3v) is 7.14. The number of likely N-dealkylation sites (tertiary alicyclic amines) is 2. The number of aryl methyl sites for hydroxylation is 1. The van der Waals surface area contributed by atoms with Crippen molar-refractivity contribution >= 4 is 23.4 Å². The second-order valence-electron chi connectivity index (χ2n) is 9.51. The van der Waals surface area contributed by atoms with Crippen LogP contribution in [0.5, 0.6) is 5.75 Å². The van der Waals surface area contributed by atoms with Gasteiger partial charge in [0.05, 0.1) is 6.61 Å². The van der Waals surface area contributed by atoms with Gasteiger partial charge in [-0.3, -0.25) is 9.59 Å². The summed E-state index contributed by atoms with van der Waals surface area (Å²) in [5.41, 5.74) is 1.28. The lowest BCUT2D eigenvalue weighted by Gasteiger charge is -2.43. The fraction of sp³-hybridized carbons (Fsp3) is 0.481. The predicted octanol–water partition coefficient (Wildman–Crippen LogP) is 5.35. The molecule has 4 rings (SSSR count).